The summed E-state index contributed by atoms with van der Waals surface area (Å²) in [5.41, 5.74) is 0.00840. The summed E-state index contributed by atoms with van der Waals surface area (Å²) in [4.78, 5) is 14.1. The lowest BCUT2D eigenvalue weighted by atomic mass is 9.77. The van der Waals surface area contributed by atoms with Gasteiger partial charge in [-0.15, -0.1) is 0 Å². The number of amides is 1. The average molecular weight is 299 g/mol. The number of alkyl halides is 2. The van der Waals surface area contributed by atoms with Crippen LogP contribution in [0.2, 0.25) is 0 Å². The van der Waals surface area contributed by atoms with Gasteiger partial charge in [0.15, 0.2) is 5.69 Å². The van der Waals surface area contributed by atoms with Crippen molar-refractivity contribution in [2.45, 2.75) is 46.5 Å². The highest BCUT2D eigenvalue weighted by atomic mass is 19.3. The van der Waals surface area contributed by atoms with Gasteiger partial charge in [0.1, 0.15) is 5.69 Å². The van der Waals surface area contributed by atoms with Crippen LogP contribution in [-0.2, 0) is 0 Å². The number of H-pyrrole nitrogens is 1. The third kappa shape index (κ3) is 3.80. The minimum absolute atomic E-state index is 0.0829. The molecule has 1 N–H and O–H groups in total. The highest BCUT2D eigenvalue weighted by Gasteiger charge is 2.29. The fourth-order valence-corrected chi connectivity index (χ4v) is 2.89. The van der Waals surface area contributed by atoms with Crippen molar-refractivity contribution in [2.24, 2.45) is 11.3 Å². The first-order valence-electron chi connectivity index (χ1n) is 7.42. The minimum Gasteiger partial charge on any atom is -0.337 e. The molecule has 0 radical (unpaired) electrons. The predicted molar refractivity (Wildman–Crippen MR) is 76.2 cm³/mol. The largest absolute Gasteiger partial charge is 0.337 e. The molecule has 1 aliphatic rings. The third-order valence-corrected chi connectivity index (χ3v) is 4.29. The fraction of sp³-hybridized carbons (Fsp3) is 0.733. The number of likely N-dealkylation sites (tertiary alicyclic amines) is 1. The first kappa shape index (κ1) is 15.9. The molecule has 2 rings (SSSR count). The molecule has 1 amide bonds. The van der Waals surface area contributed by atoms with Gasteiger partial charge in [-0.05, 0) is 36.7 Å². The maximum Gasteiger partial charge on any atom is 0.279 e. The lowest BCUT2D eigenvalue weighted by Crippen LogP contribution is -2.32. The number of nitrogens with one attached hydrogen (secondary N) is 1. The summed E-state index contributed by atoms with van der Waals surface area (Å²) in [6.45, 7) is 7.99. The molecule has 1 aromatic heterocycles. The van der Waals surface area contributed by atoms with Crippen LogP contribution in [0.15, 0.2) is 6.07 Å². The van der Waals surface area contributed by atoms with Crippen LogP contribution in [0.3, 0.4) is 0 Å². The van der Waals surface area contributed by atoms with E-state index in [2.05, 4.69) is 31.0 Å². The van der Waals surface area contributed by atoms with Crippen LogP contribution in [0.1, 0.15) is 62.6 Å². The molecule has 1 atom stereocenters. The SMILES string of the molecule is CC(C)(C)[C@@H]1CCCN(C(=O)c2cc(C(F)F)[nH]n2)CC1. The van der Waals surface area contributed by atoms with Crippen LogP contribution in [0.25, 0.3) is 0 Å². The molecule has 0 aliphatic carbocycles. The molecule has 0 unspecified atom stereocenters. The number of hydrogen-bond acceptors (Lipinski definition) is 2. The number of aromatic nitrogens is 2. The second-order valence-electron chi connectivity index (χ2n) is 6.80. The van der Waals surface area contributed by atoms with Gasteiger partial charge in [0.25, 0.3) is 12.3 Å². The van der Waals surface area contributed by atoms with Crippen molar-refractivity contribution < 1.29 is 13.6 Å². The van der Waals surface area contributed by atoms with Crippen LogP contribution in [0.4, 0.5) is 8.78 Å². The fourth-order valence-electron chi connectivity index (χ4n) is 2.89. The molecule has 4 nitrogen and oxygen atoms in total. The number of rotatable bonds is 2. The zero-order chi connectivity index (χ0) is 15.6. The van der Waals surface area contributed by atoms with E-state index in [1.54, 1.807) is 4.90 Å². The van der Waals surface area contributed by atoms with Gasteiger partial charge in [0, 0.05) is 13.1 Å². The van der Waals surface area contributed by atoms with Crippen molar-refractivity contribution in [2.75, 3.05) is 13.1 Å². The van der Waals surface area contributed by atoms with Crippen molar-refractivity contribution in [1.82, 2.24) is 15.1 Å². The van der Waals surface area contributed by atoms with E-state index in [-0.39, 0.29) is 22.7 Å². The van der Waals surface area contributed by atoms with Crippen LogP contribution < -0.4 is 0 Å². The third-order valence-electron chi connectivity index (χ3n) is 4.29. The highest BCUT2D eigenvalue weighted by molar-refractivity contribution is 5.92. The van der Waals surface area contributed by atoms with Gasteiger partial charge in [-0.2, -0.15) is 5.10 Å². The smallest absolute Gasteiger partial charge is 0.279 e. The summed E-state index contributed by atoms with van der Waals surface area (Å²) < 4.78 is 25.1. The molecule has 1 aliphatic heterocycles. The zero-order valence-electron chi connectivity index (χ0n) is 12.8. The van der Waals surface area contributed by atoms with Crippen LogP contribution >= 0.6 is 0 Å². The first-order chi connectivity index (χ1) is 9.79. The van der Waals surface area contributed by atoms with Crippen molar-refractivity contribution in [1.29, 1.82) is 0 Å². The van der Waals surface area contributed by atoms with E-state index in [0.717, 1.165) is 25.3 Å². The van der Waals surface area contributed by atoms with Gasteiger partial charge in [0.2, 0.25) is 0 Å². The molecule has 0 aromatic carbocycles. The van der Waals surface area contributed by atoms with E-state index in [9.17, 15) is 13.6 Å². The zero-order valence-corrected chi connectivity index (χ0v) is 12.8. The lowest BCUT2D eigenvalue weighted by molar-refractivity contribution is 0.0749. The van der Waals surface area contributed by atoms with Crippen molar-refractivity contribution in [3.8, 4) is 0 Å². The molecular weight excluding hydrogens is 276 g/mol. The summed E-state index contributed by atoms with van der Waals surface area (Å²) in [6, 6.07) is 1.15. The second kappa shape index (κ2) is 6.12. The number of nitrogens with zero attached hydrogens (tertiary/aromatic N) is 2. The molecule has 1 saturated heterocycles. The minimum atomic E-state index is -2.63. The highest BCUT2D eigenvalue weighted by Crippen LogP contribution is 2.34. The summed E-state index contributed by atoms with van der Waals surface area (Å²) in [5.74, 6) is 0.318. The van der Waals surface area contributed by atoms with Gasteiger partial charge in [-0.1, -0.05) is 20.8 Å². The first-order valence-corrected chi connectivity index (χ1v) is 7.42. The topological polar surface area (TPSA) is 49.0 Å². The Labute approximate surface area is 123 Å². The van der Waals surface area contributed by atoms with E-state index >= 15 is 0 Å². The van der Waals surface area contributed by atoms with E-state index in [4.69, 9.17) is 0 Å². The number of carbonyl (C=O) groups excluding carboxylic acids is 1. The van der Waals surface area contributed by atoms with E-state index in [0.29, 0.717) is 19.0 Å². The summed E-state index contributed by atoms with van der Waals surface area (Å²) >= 11 is 0. The molecule has 2 heterocycles. The van der Waals surface area contributed by atoms with Crippen LogP contribution in [0, 0.1) is 11.3 Å². The molecule has 0 saturated carbocycles. The number of aromatic amines is 1. The van der Waals surface area contributed by atoms with Gasteiger partial charge >= 0.3 is 0 Å². The summed E-state index contributed by atoms with van der Waals surface area (Å²) in [6.07, 6.45) is 0.352. The Bertz CT molecular complexity index is 493. The predicted octanol–water partition coefficient (Wildman–Crippen LogP) is 3.64. The van der Waals surface area contributed by atoms with Crippen LogP contribution in [-0.4, -0.2) is 34.1 Å². The Morgan fingerprint density at radius 1 is 1.38 bits per heavy atom. The normalized spacial score (nSPS) is 20.7. The van der Waals surface area contributed by atoms with Crippen LogP contribution in [0.5, 0.6) is 0 Å². The second-order valence-corrected chi connectivity index (χ2v) is 6.80. The quantitative estimate of drug-likeness (QED) is 0.906. The Morgan fingerprint density at radius 2 is 2.10 bits per heavy atom. The number of halogens is 2. The Hall–Kier alpha value is -1.46. The van der Waals surface area contributed by atoms with Gasteiger partial charge in [-0.3, -0.25) is 9.89 Å². The molecule has 21 heavy (non-hydrogen) atoms. The van der Waals surface area contributed by atoms with Gasteiger partial charge in [0.05, 0.1) is 0 Å². The summed E-state index contributed by atoms with van der Waals surface area (Å²) in [7, 11) is 0. The van der Waals surface area contributed by atoms with E-state index in [1.807, 2.05) is 0 Å². The molecule has 0 spiro atoms. The van der Waals surface area contributed by atoms with E-state index in [1.165, 1.54) is 0 Å². The molecular formula is C15H23F2N3O. The lowest BCUT2D eigenvalue weighted by Gasteiger charge is -2.29. The van der Waals surface area contributed by atoms with Crippen molar-refractivity contribution >= 4 is 5.91 Å². The maximum absolute atomic E-state index is 12.5. The Kier molecular flexibility index (Phi) is 4.64. The Balaban J connectivity index is 2.03. The molecule has 118 valence electrons. The average Bonchev–Trinajstić information content (AvgIpc) is 2.74. The molecule has 6 heteroatoms. The molecule has 0 bridgehead atoms. The monoisotopic (exact) mass is 299 g/mol. The maximum atomic E-state index is 12.5. The Morgan fingerprint density at radius 3 is 2.67 bits per heavy atom. The van der Waals surface area contributed by atoms with Gasteiger partial charge < -0.3 is 4.90 Å². The molecule has 1 aromatic rings. The number of carbonyl (C=O) groups is 1. The molecule has 1 fully saturated rings. The van der Waals surface area contributed by atoms with Crippen molar-refractivity contribution in [3.63, 3.8) is 0 Å². The van der Waals surface area contributed by atoms with Gasteiger partial charge in [-0.25, -0.2) is 8.78 Å². The van der Waals surface area contributed by atoms with E-state index < -0.39 is 6.43 Å². The number of hydrogen-bond donors (Lipinski definition) is 1. The van der Waals surface area contributed by atoms with Crippen molar-refractivity contribution in [3.05, 3.63) is 17.5 Å². The standard InChI is InChI=1S/C15H23F2N3O/c1-15(2,3)10-5-4-7-20(8-6-10)14(21)12-9-11(13(16)17)18-19-12/h9-10,13H,4-8H2,1-3H3,(H,18,19)/t10-/m1/s1. The summed E-state index contributed by atoms with van der Waals surface area (Å²) in [5, 5.41) is 5.94.